The van der Waals surface area contributed by atoms with Gasteiger partial charge >= 0.3 is 6.18 Å². The van der Waals surface area contributed by atoms with Crippen molar-refractivity contribution < 1.29 is 22.8 Å². The number of alkyl halides is 3. The Morgan fingerprint density at radius 3 is 2.62 bits per heavy atom. The van der Waals surface area contributed by atoms with Gasteiger partial charge in [-0.15, -0.1) is 0 Å². The summed E-state index contributed by atoms with van der Waals surface area (Å²) < 4.78 is 39.1. The van der Waals surface area contributed by atoms with Gasteiger partial charge in [-0.1, -0.05) is 18.5 Å². The van der Waals surface area contributed by atoms with Crippen molar-refractivity contribution >= 4 is 29.1 Å². The molecule has 1 atom stereocenters. The van der Waals surface area contributed by atoms with Gasteiger partial charge in [-0.25, -0.2) is 0 Å². The molecule has 1 fully saturated rings. The molecule has 1 aliphatic heterocycles. The third-order valence-corrected chi connectivity index (χ3v) is 4.84. The first-order chi connectivity index (χ1) is 12.1. The number of nitrogens with zero attached hydrogens (tertiary/aromatic N) is 2. The first-order valence-corrected chi connectivity index (χ1v) is 8.90. The minimum absolute atomic E-state index is 0.0258. The quantitative estimate of drug-likeness (QED) is 0.766. The van der Waals surface area contributed by atoms with Crippen LogP contribution in [-0.2, 0) is 15.8 Å². The number of hydrogen-bond donors (Lipinski definition) is 0. The zero-order valence-corrected chi connectivity index (χ0v) is 15.5. The lowest BCUT2D eigenvalue weighted by Crippen LogP contribution is -2.41. The van der Waals surface area contributed by atoms with Crippen molar-refractivity contribution in [3.8, 4) is 0 Å². The van der Waals surface area contributed by atoms with Crippen molar-refractivity contribution in [2.45, 2.75) is 39.3 Å². The van der Waals surface area contributed by atoms with Crippen molar-refractivity contribution in [1.82, 2.24) is 4.90 Å². The van der Waals surface area contributed by atoms with Crippen LogP contribution < -0.4 is 4.90 Å². The maximum Gasteiger partial charge on any atom is 0.417 e. The topological polar surface area (TPSA) is 40.6 Å². The maximum atomic E-state index is 13.0. The highest BCUT2D eigenvalue weighted by Crippen LogP contribution is 2.37. The Balaban J connectivity index is 2.12. The Morgan fingerprint density at radius 2 is 2.04 bits per heavy atom. The fourth-order valence-electron chi connectivity index (χ4n) is 3.15. The normalized spacial score (nSPS) is 17.9. The number of likely N-dealkylation sites (tertiary alicyclic amines) is 1. The molecule has 1 saturated heterocycles. The van der Waals surface area contributed by atoms with Gasteiger partial charge in [0.1, 0.15) is 0 Å². The number of carbonyl (C=O) groups excluding carboxylic acids is 2. The summed E-state index contributed by atoms with van der Waals surface area (Å²) in [6.45, 7) is 4.72. The van der Waals surface area contributed by atoms with Crippen LogP contribution >= 0.6 is 11.6 Å². The zero-order valence-electron chi connectivity index (χ0n) is 14.8. The molecule has 0 bridgehead atoms. The third-order valence-electron chi connectivity index (χ3n) is 4.51. The Hall–Kier alpha value is -1.76. The number of rotatable bonds is 4. The average Bonchev–Trinajstić information content (AvgIpc) is 2.54. The molecule has 0 spiro atoms. The summed E-state index contributed by atoms with van der Waals surface area (Å²) in [5.74, 6) is -0.0877. The average molecular weight is 391 g/mol. The summed E-state index contributed by atoms with van der Waals surface area (Å²) in [5, 5.41) is -0.428. The Morgan fingerprint density at radius 1 is 1.35 bits per heavy atom. The first-order valence-electron chi connectivity index (χ1n) is 8.52. The van der Waals surface area contributed by atoms with E-state index in [0.717, 1.165) is 25.0 Å². The van der Waals surface area contributed by atoms with Gasteiger partial charge in [0, 0.05) is 38.7 Å². The lowest BCUT2D eigenvalue weighted by molar-refractivity contribution is -0.137. The molecule has 2 rings (SSSR count). The van der Waals surface area contributed by atoms with E-state index < -0.39 is 22.7 Å². The number of halogens is 4. The minimum atomic E-state index is -4.62. The highest BCUT2D eigenvalue weighted by Gasteiger charge is 2.34. The van der Waals surface area contributed by atoms with E-state index in [4.69, 9.17) is 11.6 Å². The standard InChI is InChI=1S/C18H22ClF3N2O2/c1-12-4-3-8-23(11-12)17(26)7-9-24(13(2)25)14-5-6-16(19)15(10-14)18(20,21)22/h5-6,10,12H,3-4,7-9,11H2,1-2H3. The second-order valence-corrected chi connectivity index (χ2v) is 7.08. The van der Waals surface area contributed by atoms with Gasteiger partial charge in [0.25, 0.3) is 0 Å². The second kappa shape index (κ2) is 8.29. The van der Waals surface area contributed by atoms with Crippen molar-refractivity contribution in [1.29, 1.82) is 0 Å². The van der Waals surface area contributed by atoms with Crippen LogP contribution in [0.1, 0.15) is 38.7 Å². The van der Waals surface area contributed by atoms with Crippen molar-refractivity contribution in [2.24, 2.45) is 5.92 Å². The summed E-state index contributed by atoms with van der Waals surface area (Å²) in [5.41, 5.74) is -0.923. The van der Waals surface area contributed by atoms with Gasteiger partial charge in [-0.2, -0.15) is 13.2 Å². The van der Waals surface area contributed by atoms with Gasteiger partial charge in [0.15, 0.2) is 0 Å². The molecule has 0 saturated carbocycles. The summed E-state index contributed by atoms with van der Waals surface area (Å²) in [4.78, 5) is 27.2. The smallest absolute Gasteiger partial charge is 0.342 e. The summed E-state index contributed by atoms with van der Waals surface area (Å²) in [6, 6.07) is 3.31. The predicted octanol–water partition coefficient (Wildman–Crippen LogP) is 4.36. The predicted molar refractivity (Wildman–Crippen MR) is 94.1 cm³/mol. The molecule has 1 aromatic carbocycles. The molecule has 1 unspecified atom stereocenters. The molecule has 2 amide bonds. The lowest BCUT2D eigenvalue weighted by atomic mass is 10.00. The third kappa shape index (κ3) is 5.13. The molecule has 1 heterocycles. The molecule has 26 heavy (non-hydrogen) atoms. The van der Waals surface area contributed by atoms with Crippen LogP contribution in [0, 0.1) is 5.92 Å². The number of carbonyl (C=O) groups is 2. The van der Waals surface area contributed by atoms with Crippen LogP contribution in [0.2, 0.25) is 5.02 Å². The SMILES string of the molecule is CC(=O)N(CCC(=O)N1CCCC(C)C1)c1ccc(Cl)c(C(F)(F)F)c1. The van der Waals surface area contributed by atoms with E-state index in [2.05, 4.69) is 6.92 Å². The van der Waals surface area contributed by atoms with Crippen LogP contribution in [0.5, 0.6) is 0 Å². The molecule has 0 radical (unpaired) electrons. The zero-order chi connectivity index (χ0) is 19.5. The van der Waals surface area contributed by atoms with Crippen LogP contribution in [-0.4, -0.2) is 36.3 Å². The summed E-state index contributed by atoms with van der Waals surface area (Å²) >= 11 is 5.62. The number of anilines is 1. The van der Waals surface area contributed by atoms with Crippen molar-refractivity contribution in [3.05, 3.63) is 28.8 Å². The van der Waals surface area contributed by atoms with Gasteiger partial charge in [-0.05, 0) is 37.0 Å². The van der Waals surface area contributed by atoms with Crippen LogP contribution in [0.3, 0.4) is 0 Å². The van der Waals surface area contributed by atoms with Crippen LogP contribution in [0.25, 0.3) is 0 Å². The van der Waals surface area contributed by atoms with Crippen LogP contribution in [0.4, 0.5) is 18.9 Å². The van der Waals surface area contributed by atoms with Gasteiger partial charge in [-0.3, -0.25) is 9.59 Å². The fraction of sp³-hybridized carbons (Fsp3) is 0.556. The molecule has 144 valence electrons. The number of hydrogen-bond acceptors (Lipinski definition) is 2. The maximum absolute atomic E-state index is 13.0. The second-order valence-electron chi connectivity index (χ2n) is 6.67. The largest absolute Gasteiger partial charge is 0.417 e. The van der Waals surface area contributed by atoms with Gasteiger partial charge in [0.2, 0.25) is 11.8 Å². The van der Waals surface area contributed by atoms with E-state index in [1.165, 1.54) is 17.9 Å². The molecule has 0 aromatic heterocycles. The Bertz CT molecular complexity index is 679. The van der Waals surface area contributed by atoms with Gasteiger partial charge < -0.3 is 9.80 Å². The minimum Gasteiger partial charge on any atom is -0.342 e. The number of piperidine rings is 1. The Labute approximate surface area is 155 Å². The first kappa shape index (κ1) is 20.6. The van der Waals surface area contributed by atoms with E-state index in [0.29, 0.717) is 19.0 Å². The highest BCUT2D eigenvalue weighted by atomic mass is 35.5. The molecule has 1 aromatic rings. The Kier molecular flexibility index (Phi) is 6.55. The summed E-state index contributed by atoms with van der Waals surface area (Å²) in [7, 11) is 0. The van der Waals surface area contributed by atoms with E-state index in [9.17, 15) is 22.8 Å². The van der Waals surface area contributed by atoms with E-state index in [1.807, 2.05) is 0 Å². The van der Waals surface area contributed by atoms with E-state index >= 15 is 0 Å². The monoisotopic (exact) mass is 390 g/mol. The molecular formula is C18H22ClF3N2O2. The van der Waals surface area contributed by atoms with Gasteiger partial charge in [0.05, 0.1) is 10.6 Å². The molecule has 0 N–H and O–H groups in total. The van der Waals surface area contributed by atoms with Crippen molar-refractivity contribution in [3.63, 3.8) is 0 Å². The molecule has 0 aliphatic carbocycles. The van der Waals surface area contributed by atoms with E-state index in [1.54, 1.807) is 4.90 Å². The van der Waals surface area contributed by atoms with E-state index in [-0.39, 0.29) is 24.6 Å². The molecule has 1 aliphatic rings. The molecule has 4 nitrogen and oxygen atoms in total. The number of benzene rings is 1. The number of amides is 2. The molecule has 8 heteroatoms. The lowest BCUT2D eigenvalue weighted by Gasteiger charge is -2.31. The van der Waals surface area contributed by atoms with Crippen LogP contribution in [0.15, 0.2) is 18.2 Å². The molecular weight excluding hydrogens is 369 g/mol. The fourth-order valence-corrected chi connectivity index (χ4v) is 3.37. The van der Waals surface area contributed by atoms with Crippen molar-refractivity contribution in [2.75, 3.05) is 24.5 Å². The highest BCUT2D eigenvalue weighted by molar-refractivity contribution is 6.31. The summed E-state index contributed by atoms with van der Waals surface area (Å²) in [6.07, 6.45) is -2.53.